The van der Waals surface area contributed by atoms with Gasteiger partial charge in [-0.2, -0.15) is 0 Å². The lowest BCUT2D eigenvalue weighted by Crippen LogP contribution is -2.53. The van der Waals surface area contributed by atoms with Crippen LogP contribution in [0.25, 0.3) is 0 Å². The number of rotatable bonds is 4. The molecule has 100 valence electrons. The molecule has 1 fully saturated rings. The van der Waals surface area contributed by atoms with Crippen LogP contribution >= 0.6 is 0 Å². The standard InChI is InChI=1S/C15H25N3/c1-13-11-18(9-8-17(13)2)12-15(16)10-14-6-4-3-5-7-14/h3-7,13,15H,8-12,16H2,1-2H3. The Morgan fingerprint density at radius 1 is 1.28 bits per heavy atom. The van der Waals surface area contributed by atoms with Crippen molar-refractivity contribution in [3.05, 3.63) is 35.9 Å². The summed E-state index contributed by atoms with van der Waals surface area (Å²) in [6, 6.07) is 11.4. The van der Waals surface area contributed by atoms with E-state index in [9.17, 15) is 0 Å². The van der Waals surface area contributed by atoms with Gasteiger partial charge in [-0.25, -0.2) is 0 Å². The summed E-state index contributed by atoms with van der Waals surface area (Å²) in [6.07, 6.45) is 0.974. The van der Waals surface area contributed by atoms with Gasteiger partial charge in [-0.1, -0.05) is 30.3 Å². The zero-order chi connectivity index (χ0) is 13.0. The predicted molar refractivity (Wildman–Crippen MR) is 76.7 cm³/mol. The Labute approximate surface area is 111 Å². The molecule has 2 rings (SSSR count). The average Bonchev–Trinajstić information content (AvgIpc) is 2.35. The van der Waals surface area contributed by atoms with Gasteiger partial charge in [0.05, 0.1) is 0 Å². The van der Waals surface area contributed by atoms with Crippen LogP contribution in [-0.4, -0.2) is 55.1 Å². The molecule has 0 bridgehead atoms. The first kappa shape index (κ1) is 13.5. The van der Waals surface area contributed by atoms with Gasteiger partial charge in [0.25, 0.3) is 0 Å². The second kappa shape index (κ2) is 6.32. The molecular weight excluding hydrogens is 222 g/mol. The van der Waals surface area contributed by atoms with E-state index in [1.54, 1.807) is 0 Å². The Bertz CT molecular complexity index is 352. The van der Waals surface area contributed by atoms with Crippen molar-refractivity contribution < 1.29 is 0 Å². The fourth-order valence-electron chi connectivity index (χ4n) is 2.60. The Hall–Kier alpha value is -0.900. The minimum absolute atomic E-state index is 0.239. The molecular formula is C15H25N3. The van der Waals surface area contributed by atoms with E-state index in [1.807, 2.05) is 0 Å². The van der Waals surface area contributed by atoms with Crippen molar-refractivity contribution in [2.24, 2.45) is 5.73 Å². The van der Waals surface area contributed by atoms with Crippen LogP contribution in [0.5, 0.6) is 0 Å². The normalized spacial score (nSPS) is 24.1. The first-order valence-electron chi connectivity index (χ1n) is 6.87. The summed E-state index contributed by atoms with van der Waals surface area (Å²) in [5.74, 6) is 0. The number of hydrogen-bond donors (Lipinski definition) is 1. The maximum absolute atomic E-state index is 6.26. The van der Waals surface area contributed by atoms with Crippen molar-refractivity contribution in [2.45, 2.75) is 25.4 Å². The third kappa shape index (κ3) is 3.80. The molecule has 1 aliphatic rings. The first-order valence-corrected chi connectivity index (χ1v) is 6.87. The van der Waals surface area contributed by atoms with E-state index in [4.69, 9.17) is 5.73 Å². The van der Waals surface area contributed by atoms with Gasteiger partial charge in [0.15, 0.2) is 0 Å². The molecule has 2 N–H and O–H groups in total. The molecule has 2 unspecified atom stereocenters. The summed E-state index contributed by atoms with van der Waals surface area (Å²) in [4.78, 5) is 4.91. The highest BCUT2D eigenvalue weighted by molar-refractivity contribution is 5.15. The van der Waals surface area contributed by atoms with Crippen LogP contribution in [0.15, 0.2) is 30.3 Å². The lowest BCUT2D eigenvalue weighted by Gasteiger charge is -2.38. The predicted octanol–water partition coefficient (Wildman–Crippen LogP) is 1.19. The minimum atomic E-state index is 0.239. The molecule has 0 aromatic heterocycles. The molecule has 1 aliphatic heterocycles. The molecule has 0 amide bonds. The van der Waals surface area contributed by atoms with Crippen LogP contribution in [0.1, 0.15) is 12.5 Å². The highest BCUT2D eigenvalue weighted by Crippen LogP contribution is 2.09. The van der Waals surface area contributed by atoms with Crippen molar-refractivity contribution in [1.29, 1.82) is 0 Å². The van der Waals surface area contributed by atoms with Crippen LogP contribution in [0.2, 0.25) is 0 Å². The maximum Gasteiger partial charge on any atom is 0.0208 e. The maximum atomic E-state index is 6.26. The number of nitrogens with zero attached hydrogens (tertiary/aromatic N) is 2. The van der Waals surface area contributed by atoms with Gasteiger partial charge in [0.1, 0.15) is 0 Å². The van der Waals surface area contributed by atoms with Crippen LogP contribution in [0.4, 0.5) is 0 Å². The molecule has 2 atom stereocenters. The Kier molecular flexibility index (Phi) is 4.75. The highest BCUT2D eigenvalue weighted by atomic mass is 15.3. The van der Waals surface area contributed by atoms with E-state index >= 15 is 0 Å². The van der Waals surface area contributed by atoms with E-state index in [2.05, 4.69) is 54.1 Å². The van der Waals surface area contributed by atoms with E-state index in [-0.39, 0.29) is 6.04 Å². The Morgan fingerprint density at radius 3 is 2.67 bits per heavy atom. The quantitative estimate of drug-likeness (QED) is 0.867. The van der Waals surface area contributed by atoms with Crippen LogP contribution < -0.4 is 5.73 Å². The molecule has 0 aliphatic carbocycles. The molecule has 0 radical (unpaired) electrons. The van der Waals surface area contributed by atoms with Crippen molar-refractivity contribution in [3.8, 4) is 0 Å². The molecule has 3 nitrogen and oxygen atoms in total. The summed E-state index contributed by atoms with van der Waals surface area (Å²) in [6.45, 7) is 6.73. The number of benzene rings is 1. The monoisotopic (exact) mass is 247 g/mol. The van der Waals surface area contributed by atoms with Gasteiger partial charge in [-0.15, -0.1) is 0 Å². The largest absolute Gasteiger partial charge is 0.326 e. The van der Waals surface area contributed by atoms with Crippen LogP contribution in [0, 0.1) is 0 Å². The average molecular weight is 247 g/mol. The lowest BCUT2D eigenvalue weighted by molar-refractivity contribution is 0.100. The fourth-order valence-corrected chi connectivity index (χ4v) is 2.60. The summed E-state index contributed by atoms with van der Waals surface area (Å²) < 4.78 is 0. The minimum Gasteiger partial charge on any atom is -0.326 e. The summed E-state index contributed by atoms with van der Waals surface area (Å²) in [7, 11) is 2.20. The highest BCUT2D eigenvalue weighted by Gasteiger charge is 2.21. The van der Waals surface area contributed by atoms with Gasteiger partial charge < -0.3 is 10.6 Å². The number of likely N-dealkylation sites (N-methyl/N-ethyl adjacent to an activating group) is 1. The molecule has 3 heteroatoms. The number of piperazine rings is 1. The van der Waals surface area contributed by atoms with Gasteiger partial charge in [0.2, 0.25) is 0 Å². The molecule has 0 saturated carbocycles. The second-order valence-corrected chi connectivity index (χ2v) is 5.54. The van der Waals surface area contributed by atoms with Crippen molar-refractivity contribution in [2.75, 3.05) is 33.2 Å². The third-order valence-corrected chi connectivity index (χ3v) is 3.88. The smallest absolute Gasteiger partial charge is 0.0208 e. The van der Waals surface area contributed by atoms with E-state index < -0.39 is 0 Å². The Balaban J connectivity index is 1.79. The summed E-state index contributed by atoms with van der Waals surface area (Å²) in [5, 5.41) is 0. The molecule has 18 heavy (non-hydrogen) atoms. The van der Waals surface area contributed by atoms with Gasteiger partial charge in [-0.05, 0) is 26.0 Å². The molecule has 1 saturated heterocycles. The summed E-state index contributed by atoms with van der Waals surface area (Å²) >= 11 is 0. The summed E-state index contributed by atoms with van der Waals surface area (Å²) in [5.41, 5.74) is 7.60. The molecule has 1 aromatic carbocycles. The molecule has 0 spiro atoms. The fraction of sp³-hybridized carbons (Fsp3) is 0.600. The SMILES string of the molecule is CC1CN(CC(N)Cc2ccccc2)CCN1C. The number of nitrogens with two attached hydrogens (primary N) is 1. The van der Waals surface area contributed by atoms with Crippen LogP contribution in [-0.2, 0) is 6.42 Å². The second-order valence-electron chi connectivity index (χ2n) is 5.54. The molecule has 1 aromatic rings. The van der Waals surface area contributed by atoms with E-state index in [0.717, 1.165) is 32.6 Å². The topological polar surface area (TPSA) is 32.5 Å². The van der Waals surface area contributed by atoms with Crippen LogP contribution in [0.3, 0.4) is 0 Å². The Morgan fingerprint density at radius 2 is 2.00 bits per heavy atom. The van der Waals surface area contributed by atoms with Gasteiger partial charge >= 0.3 is 0 Å². The molecule has 1 heterocycles. The zero-order valence-electron chi connectivity index (χ0n) is 11.5. The van der Waals surface area contributed by atoms with Gasteiger partial charge in [0, 0.05) is 38.3 Å². The van der Waals surface area contributed by atoms with Gasteiger partial charge in [-0.3, -0.25) is 4.90 Å². The third-order valence-electron chi connectivity index (χ3n) is 3.88. The van der Waals surface area contributed by atoms with Crippen molar-refractivity contribution >= 4 is 0 Å². The van der Waals surface area contributed by atoms with E-state index in [0.29, 0.717) is 6.04 Å². The zero-order valence-corrected chi connectivity index (χ0v) is 11.5. The first-order chi connectivity index (χ1) is 8.65. The van der Waals surface area contributed by atoms with Crippen molar-refractivity contribution in [3.63, 3.8) is 0 Å². The number of hydrogen-bond acceptors (Lipinski definition) is 3. The van der Waals surface area contributed by atoms with E-state index in [1.165, 1.54) is 5.56 Å². The van der Waals surface area contributed by atoms with Crippen molar-refractivity contribution in [1.82, 2.24) is 9.80 Å². The lowest BCUT2D eigenvalue weighted by atomic mass is 10.1.